The summed E-state index contributed by atoms with van der Waals surface area (Å²) >= 11 is 0. The Morgan fingerprint density at radius 3 is 1.73 bits per heavy atom. The Labute approximate surface area is 295 Å². The highest BCUT2D eigenvalue weighted by Crippen LogP contribution is 2.29. The van der Waals surface area contributed by atoms with E-state index < -0.39 is 5.97 Å². The summed E-state index contributed by atoms with van der Waals surface area (Å²) in [5.41, 5.74) is 3.62. The zero-order valence-corrected chi connectivity index (χ0v) is 30.5. The van der Waals surface area contributed by atoms with Gasteiger partial charge in [0.15, 0.2) is 0 Å². The summed E-state index contributed by atoms with van der Waals surface area (Å²) in [5, 5.41) is 1.99. The van der Waals surface area contributed by atoms with Crippen LogP contribution in [0.1, 0.15) is 139 Å². The largest absolute Gasteiger partial charge is 0.494 e. The third kappa shape index (κ3) is 12.2. The lowest BCUT2D eigenvalue weighted by Gasteiger charge is -2.16. The molecule has 4 nitrogen and oxygen atoms in total. The average molecular weight is 663 g/mol. The maximum Gasteiger partial charge on any atom is 0.343 e. The molecule has 0 radical (unpaired) electrons. The number of ether oxygens (including phenoxy) is 2. The Kier molecular flexibility index (Phi) is 15.9. The van der Waals surface area contributed by atoms with Gasteiger partial charge in [-0.25, -0.2) is 4.79 Å². The second-order valence-electron chi connectivity index (χ2n) is 13.7. The molecular formula is C45H58O4. The Hall–Kier alpha value is -3.92. The zero-order chi connectivity index (χ0) is 34.8. The first-order chi connectivity index (χ1) is 23.9. The van der Waals surface area contributed by atoms with Gasteiger partial charge in [-0.15, -0.1) is 0 Å². The summed E-state index contributed by atoms with van der Waals surface area (Å²) in [6.07, 6.45) is 17.3. The number of unbranched alkanes of at least 4 members (excludes halogenated alkanes) is 10. The van der Waals surface area contributed by atoms with E-state index in [0.29, 0.717) is 29.4 Å². The molecule has 4 aromatic carbocycles. The summed E-state index contributed by atoms with van der Waals surface area (Å²) in [6.45, 7) is 9.32. The van der Waals surface area contributed by atoms with Gasteiger partial charge >= 0.3 is 5.97 Å². The third-order valence-electron chi connectivity index (χ3n) is 10.00. The molecular weight excluding hydrogens is 604 g/mol. The van der Waals surface area contributed by atoms with Gasteiger partial charge in [-0.2, -0.15) is 0 Å². The molecule has 49 heavy (non-hydrogen) atoms. The number of benzene rings is 4. The van der Waals surface area contributed by atoms with Gasteiger partial charge in [0.25, 0.3) is 0 Å². The van der Waals surface area contributed by atoms with E-state index in [9.17, 15) is 9.59 Å². The normalized spacial score (nSPS) is 11.9. The van der Waals surface area contributed by atoms with Crippen molar-refractivity contribution in [3.63, 3.8) is 0 Å². The molecule has 0 aliphatic rings. The smallest absolute Gasteiger partial charge is 0.343 e. The molecule has 0 unspecified atom stereocenters. The van der Waals surface area contributed by atoms with Crippen LogP contribution in [-0.2, 0) is 4.79 Å². The Morgan fingerprint density at radius 2 is 1.12 bits per heavy atom. The Bertz CT molecular complexity index is 1570. The number of Topliss-reactive ketones (excluding diaryl/α,β-unsaturated/α-hetero) is 1. The fraction of sp³-hybridized carbons (Fsp3) is 0.467. The number of hydrogen-bond donors (Lipinski definition) is 0. The fourth-order valence-corrected chi connectivity index (χ4v) is 6.46. The maximum atomic E-state index is 13.0. The van der Waals surface area contributed by atoms with Crippen LogP contribution in [0.3, 0.4) is 0 Å². The van der Waals surface area contributed by atoms with Crippen molar-refractivity contribution in [3.05, 3.63) is 96.1 Å². The molecule has 4 heteroatoms. The summed E-state index contributed by atoms with van der Waals surface area (Å²) in [6, 6.07) is 27.4. The first-order valence-corrected chi connectivity index (χ1v) is 19.0. The van der Waals surface area contributed by atoms with Crippen LogP contribution in [0, 0.1) is 5.92 Å². The Morgan fingerprint density at radius 1 is 0.592 bits per heavy atom. The molecule has 0 fully saturated rings. The molecule has 0 saturated heterocycles. The van der Waals surface area contributed by atoms with E-state index in [1.165, 1.54) is 64.2 Å². The number of ketones is 1. The third-order valence-corrected chi connectivity index (χ3v) is 10.00. The van der Waals surface area contributed by atoms with Crippen LogP contribution in [0.15, 0.2) is 84.9 Å². The first-order valence-electron chi connectivity index (χ1n) is 19.0. The van der Waals surface area contributed by atoms with Crippen molar-refractivity contribution < 1.29 is 19.1 Å². The molecule has 0 amide bonds. The molecule has 0 bridgehead atoms. The highest BCUT2D eigenvalue weighted by Gasteiger charge is 2.19. The standard InChI is InChI=1S/C45H58O4/c1-5-8-9-10-11-12-13-14-15-16-17-30-48-42-27-24-37(25-28-42)36-18-20-38(21-19-36)45(47)49-43-29-26-40-32-39(22-23-41(40)33-43)34(4)44(46)31-35(6-2)7-3/h18-29,32-35H,5-17,30-31H2,1-4H3/t34-/m0/s1. The zero-order valence-electron chi connectivity index (χ0n) is 30.5. The highest BCUT2D eigenvalue weighted by molar-refractivity contribution is 5.93. The monoisotopic (exact) mass is 662 g/mol. The van der Waals surface area contributed by atoms with Crippen molar-refractivity contribution in [3.8, 4) is 22.6 Å². The molecule has 262 valence electrons. The molecule has 0 spiro atoms. The Balaban J connectivity index is 1.21. The van der Waals surface area contributed by atoms with E-state index in [-0.39, 0.29) is 5.92 Å². The number of fused-ring (bicyclic) bond motifs is 1. The van der Waals surface area contributed by atoms with Crippen LogP contribution in [0.4, 0.5) is 0 Å². The number of esters is 1. The molecule has 4 aromatic rings. The van der Waals surface area contributed by atoms with Gasteiger partial charge in [-0.05, 0) is 76.2 Å². The van der Waals surface area contributed by atoms with Crippen molar-refractivity contribution in [2.75, 3.05) is 6.61 Å². The quantitative estimate of drug-likeness (QED) is 0.0477. The van der Waals surface area contributed by atoms with Crippen molar-refractivity contribution in [1.29, 1.82) is 0 Å². The van der Waals surface area contributed by atoms with Gasteiger partial charge < -0.3 is 9.47 Å². The van der Waals surface area contributed by atoms with Crippen LogP contribution in [0.2, 0.25) is 0 Å². The maximum absolute atomic E-state index is 13.0. The van der Waals surface area contributed by atoms with Gasteiger partial charge in [0.2, 0.25) is 0 Å². The van der Waals surface area contributed by atoms with E-state index in [4.69, 9.17) is 9.47 Å². The predicted molar refractivity (Wildman–Crippen MR) is 205 cm³/mol. The number of hydrogen-bond acceptors (Lipinski definition) is 4. The minimum absolute atomic E-state index is 0.138. The summed E-state index contributed by atoms with van der Waals surface area (Å²) in [7, 11) is 0. The van der Waals surface area contributed by atoms with E-state index in [1.807, 2.05) is 73.7 Å². The second kappa shape index (κ2) is 20.6. The highest BCUT2D eigenvalue weighted by atomic mass is 16.5. The summed E-state index contributed by atoms with van der Waals surface area (Å²) in [4.78, 5) is 25.9. The lowest BCUT2D eigenvalue weighted by molar-refractivity contribution is -0.121. The van der Waals surface area contributed by atoms with Gasteiger partial charge in [0, 0.05) is 12.3 Å². The summed E-state index contributed by atoms with van der Waals surface area (Å²) in [5.74, 6) is 1.60. The number of rotatable bonds is 22. The van der Waals surface area contributed by atoms with Gasteiger partial charge in [-0.3, -0.25) is 4.79 Å². The topological polar surface area (TPSA) is 52.6 Å². The lowest BCUT2D eigenvalue weighted by atomic mass is 9.87. The molecule has 0 N–H and O–H groups in total. The summed E-state index contributed by atoms with van der Waals surface area (Å²) < 4.78 is 11.7. The van der Waals surface area contributed by atoms with E-state index in [2.05, 4.69) is 39.0 Å². The SMILES string of the molecule is CCCCCCCCCCCCCOc1ccc(-c2ccc(C(=O)Oc3ccc4cc([C@H](C)C(=O)CC(CC)CC)ccc4c3)cc2)cc1. The second-order valence-corrected chi connectivity index (χ2v) is 13.7. The van der Waals surface area contributed by atoms with Gasteiger partial charge in [0.1, 0.15) is 17.3 Å². The molecule has 0 saturated carbocycles. The van der Waals surface area contributed by atoms with Crippen molar-refractivity contribution in [1.82, 2.24) is 0 Å². The van der Waals surface area contributed by atoms with Crippen molar-refractivity contribution in [2.45, 2.75) is 124 Å². The minimum Gasteiger partial charge on any atom is -0.494 e. The average Bonchev–Trinajstić information content (AvgIpc) is 3.14. The fourth-order valence-electron chi connectivity index (χ4n) is 6.46. The molecule has 4 rings (SSSR count). The van der Waals surface area contributed by atoms with Crippen LogP contribution < -0.4 is 9.47 Å². The predicted octanol–water partition coefficient (Wildman–Crippen LogP) is 12.9. The van der Waals surface area contributed by atoms with Crippen molar-refractivity contribution >= 4 is 22.5 Å². The van der Waals surface area contributed by atoms with Crippen LogP contribution in [0.5, 0.6) is 11.5 Å². The van der Waals surface area contributed by atoms with Crippen LogP contribution in [-0.4, -0.2) is 18.4 Å². The molecule has 0 aliphatic carbocycles. The van der Waals surface area contributed by atoms with Crippen LogP contribution >= 0.6 is 0 Å². The lowest BCUT2D eigenvalue weighted by Crippen LogP contribution is -2.14. The number of carbonyl (C=O) groups excluding carboxylic acids is 2. The van der Waals surface area contributed by atoms with Gasteiger partial charge in [0.05, 0.1) is 12.2 Å². The molecule has 1 atom stereocenters. The van der Waals surface area contributed by atoms with E-state index in [1.54, 1.807) is 0 Å². The van der Waals surface area contributed by atoms with Crippen LogP contribution in [0.25, 0.3) is 21.9 Å². The molecule has 0 heterocycles. The first kappa shape index (κ1) is 37.9. The number of carbonyl (C=O) groups is 2. The van der Waals surface area contributed by atoms with E-state index in [0.717, 1.165) is 59.1 Å². The van der Waals surface area contributed by atoms with Crippen molar-refractivity contribution in [2.24, 2.45) is 5.92 Å². The van der Waals surface area contributed by atoms with Gasteiger partial charge in [-0.1, -0.05) is 153 Å². The minimum atomic E-state index is -0.394. The molecule has 0 aliphatic heterocycles. The molecule has 0 aromatic heterocycles. The van der Waals surface area contributed by atoms with E-state index >= 15 is 0 Å².